The quantitative estimate of drug-likeness (QED) is 0.359. The van der Waals surface area contributed by atoms with Crippen LogP contribution in [0.5, 0.6) is 5.75 Å². The van der Waals surface area contributed by atoms with Crippen LogP contribution < -0.4 is 15.6 Å². The monoisotopic (exact) mass is 529 g/mol. The average Bonchev–Trinajstić information content (AvgIpc) is 3.32. The number of pyridine rings is 1. The minimum absolute atomic E-state index is 0.0395. The number of halogens is 1. The molecule has 1 aliphatic heterocycles. The molecule has 2 aromatic heterocycles. The molecule has 4 aromatic rings. The topological polar surface area (TPSA) is 81.4 Å². The Balaban J connectivity index is 1.32. The molecule has 39 heavy (non-hydrogen) atoms. The third-order valence-corrected chi connectivity index (χ3v) is 7.19. The zero-order valence-electron chi connectivity index (χ0n) is 22.4. The molecular formula is C30H32FN5O3. The fraction of sp³-hybridized carbons (Fsp3) is 0.300. The number of benzene rings is 2. The van der Waals surface area contributed by atoms with Crippen LogP contribution in [-0.2, 0) is 19.6 Å². The van der Waals surface area contributed by atoms with Crippen LogP contribution in [-0.4, -0.2) is 52.4 Å². The van der Waals surface area contributed by atoms with Crippen molar-refractivity contribution >= 4 is 5.91 Å². The lowest BCUT2D eigenvalue weighted by molar-refractivity contribution is 0.0946. The minimum atomic E-state index is -0.463. The minimum Gasteiger partial charge on any atom is -0.494 e. The maximum Gasteiger partial charge on any atom is 0.255 e. The van der Waals surface area contributed by atoms with Crippen LogP contribution in [0.2, 0.25) is 0 Å². The number of nitrogens with zero attached hydrogens (tertiary/aromatic N) is 4. The predicted molar refractivity (Wildman–Crippen MR) is 147 cm³/mol. The second-order valence-corrected chi connectivity index (χ2v) is 10.1. The number of carbonyl (C=O) groups is 1. The Bertz CT molecular complexity index is 1540. The van der Waals surface area contributed by atoms with E-state index in [9.17, 15) is 14.0 Å². The molecule has 0 aliphatic carbocycles. The van der Waals surface area contributed by atoms with Gasteiger partial charge in [-0.15, -0.1) is 0 Å². The summed E-state index contributed by atoms with van der Waals surface area (Å²) in [5.74, 6) is -0.428. The largest absolute Gasteiger partial charge is 0.494 e. The summed E-state index contributed by atoms with van der Waals surface area (Å²) in [5.41, 5.74) is 4.42. The van der Waals surface area contributed by atoms with Crippen LogP contribution in [0.1, 0.15) is 44.2 Å². The molecule has 1 N–H and O–H groups in total. The number of aryl methyl sites for hydroxylation is 1. The molecule has 0 unspecified atom stereocenters. The molecule has 0 bridgehead atoms. The molecule has 5 rings (SSSR count). The van der Waals surface area contributed by atoms with E-state index < -0.39 is 5.82 Å². The van der Waals surface area contributed by atoms with Gasteiger partial charge in [-0.3, -0.25) is 14.3 Å². The van der Waals surface area contributed by atoms with E-state index in [0.29, 0.717) is 24.2 Å². The van der Waals surface area contributed by atoms with E-state index in [4.69, 9.17) is 9.84 Å². The van der Waals surface area contributed by atoms with E-state index in [1.54, 1.807) is 52.8 Å². The second kappa shape index (κ2) is 11.2. The normalized spacial score (nSPS) is 13.7. The van der Waals surface area contributed by atoms with Gasteiger partial charge < -0.3 is 19.5 Å². The van der Waals surface area contributed by atoms with Crippen LogP contribution in [0.15, 0.2) is 71.8 Å². The molecular weight excluding hydrogens is 497 g/mol. The third-order valence-electron chi connectivity index (χ3n) is 7.19. The van der Waals surface area contributed by atoms with Gasteiger partial charge in [-0.05, 0) is 42.8 Å². The highest BCUT2D eigenvalue weighted by Crippen LogP contribution is 2.28. The van der Waals surface area contributed by atoms with Gasteiger partial charge in [0.25, 0.3) is 11.5 Å². The molecule has 0 radical (unpaired) electrons. The number of likely N-dealkylation sites (tertiary alicyclic amines) is 1. The van der Waals surface area contributed by atoms with Gasteiger partial charge in [-0.2, -0.15) is 5.10 Å². The third kappa shape index (κ3) is 5.78. The van der Waals surface area contributed by atoms with Crippen molar-refractivity contribution in [1.82, 2.24) is 24.6 Å². The van der Waals surface area contributed by atoms with Crippen molar-refractivity contribution in [2.75, 3.05) is 27.2 Å². The number of rotatable bonds is 9. The predicted octanol–water partition coefficient (Wildman–Crippen LogP) is 3.56. The maximum absolute atomic E-state index is 14.8. The molecule has 9 heteroatoms. The number of likely N-dealkylation sites (N-methyl/N-ethyl adjacent to an activating group) is 1. The van der Waals surface area contributed by atoms with Crippen molar-refractivity contribution in [2.45, 2.75) is 32.5 Å². The first-order valence-electron chi connectivity index (χ1n) is 12.9. The molecule has 0 saturated carbocycles. The molecule has 1 saturated heterocycles. The fourth-order valence-corrected chi connectivity index (χ4v) is 4.93. The highest BCUT2D eigenvalue weighted by molar-refractivity contribution is 5.95. The Morgan fingerprint density at radius 1 is 1.08 bits per heavy atom. The fourth-order valence-electron chi connectivity index (χ4n) is 4.93. The second-order valence-electron chi connectivity index (χ2n) is 10.1. The van der Waals surface area contributed by atoms with Crippen molar-refractivity contribution in [2.24, 2.45) is 0 Å². The molecule has 0 atom stereocenters. The zero-order chi connectivity index (χ0) is 27.5. The molecule has 1 aliphatic rings. The Labute approximate surface area is 226 Å². The molecule has 1 fully saturated rings. The number of carbonyl (C=O) groups excluding carboxylic acids is 1. The smallest absolute Gasteiger partial charge is 0.255 e. The summed E-state index contributed by atoms with van der Waals surface area (Å²) >= 11 is 0. The highest BCUT2D eigenvalue weighted by Gasteiger charge is 2.31. The molecule has 2 aromatic carbocycles. The van der Waals surface area contributed by atoms with Gasteiger partial charge in [0, 0.05) is 49.6 Å². The summed E-state index contributed by atoms with van der Waals surface area (Å²) in [7, 11) is 3.46. The van der Waals surface area contributed by atoms with E-state index in [1.807, 2.05) is 37.4 Å². The van der Waals surface area contributed by atoms with Crippen LogP contribution in [0.25, 0.3) is 0 Å². The van der Waals surface area contributed by atoms with E-state index in [-0.39, 0.29) is 29.7 Å². The van der Waals surface area contributed by atoms with E-state index >= 15 is 0 Å². The SMILES string of the molecule is COc1ccc(C)c(CNC(=O)c2cn(Cc3ccc(Cn4ccccc4=O)cc3)nc2C2CN(C)C2)c1F. The van der Waals surface area contributed by atoms with E-state index in [2.05, 4.69) is 10.2 Å². The number of nitrogens with one attached hydrogen (secondary N) is 1. The Morgan fingerprint density at radius 2 is 1.79 bits per heavy atom. The zero-order valence-corrected chi connectivity index (χ0v) is 22.4. The summed E-state index contributed by atoms with van der Waals surface area (Å²) < 4.78 is 23.3. The number of hydrogen-bond acceptors (Lipinski definition) is 5. The lowest BCUT2D eigenvalue weighted by Crippen LogP contribution is -2.42. The number of ether oxygens (including phenoxy) is 1. The first-order chi connectivity index (χ1) is 18.8. The Hall–Kier alpha value is -4.24. The van der Waals surface area contributed by atoms with Crippen molar-refractivity contribution in [3.63, 3.8) is 0 Å². The lowest BCUT2D eigenvalue weighted by atomic mass is 9.94. The summed E-state index contributed by atoms with van der Waals surface area (Å²) in [6.07, 6.45) is 3.55. The van der Waals surface area contributed by atoms with Crippen molar-refractivity contribution in [3.8, 4) is 5.75 Å². The first-order valence-corrected chi connectivity index (χ1v) is 12.9. The first kappa shape index (κ1) is 26.4. The van der Waals surface area contributed by atoms with E-state index in [1.165, 1.54) is 7.11 Å². The average molecular weight is 530 g/mol. The highest BCUT2D eigenvalue weighted by atomic mass is 19.1. The van der Waals surface area contributed by atoms with Crippen molar-refractivity contribution in [3.05, 3.63) is 117 Å². The summed E-state index contributed by atoms with van der Waals surface area (Å²) in [5, 5.41) is 7.68. The van der Waals surface area contributed by atoms with Gasteiger partial charge in [0.1, 0.15) is 0 Å². The molecule has 0 spiro atoms. The van der Waals surface area contributed by atoms with Gasteiger partial charge >= 0.3 is 0 Å². The maximum atomic E-state index is 14.8. The van der Waals surface area contributed by atoms with E-state index in [0.717, 1.165) is 35.5 Å². The van der Waals surface area contributed by atoms with Gasteiger partial charge in [0.05, 0.1) is 31.5 Å². The Morgan fingerprint density at radius 3 is 2.46 bits per heavy atom. The number of amides is 1. The molecule has 8 nitrogen and oxygen atoms in total. The summed E-state index contributed by atoms with van der Waals surface area (Å²) in [6.45, 7) is 4.51. The number of aromatic nitrogens is 3. The molecule has 1 amide bonds. The lowest BCUT2D eigenvalue weighted by Gasteiger charge is -2.35. The van der Waals surface area contributed by atoms with Crippen molar-refractivity contribution in [1.29, 1.82) is 0 Å². The molecule has 3 heterocycles. The van der Waals surface area contributed by atoms with Crippen molar-refractivity contribution < 1.29 is 13.9 Å². The summed E-state index contributed by atoms with van der Waals surface area (Å²) in [6, 6.07) is 16.5. The Kier molecular flexibility index (Phi) is 7.60. The number of methoxy groups -OCH3 is 1. The standard InChI is InChI=1S/C30H32FN5O3/c1-20-7-12-26(39-3)28(31)24(20)14-32-30(38)25-19-36(33-29(25)23-17-34(2)18-23)16-22-10-8-21(9-11-22)15-35-13-5-4-6-27(35)37/h4-13,19,23H,14-18H2,1-3H3,(H,32,38). The number of hydrogen-bond donors (Lipinski definition) is 1. The molecule has 202 valence electrons. The van der Waals surface area contributed by atoms with Crippen LogP contribution in [0, 0.1) is 12.7 Å². The van der Waals surface area contributed by atoms with Gasteiger partial charge in [-0.25, -0.2) is 4.39 Å². The van der Waals surface area contributed by atoms with Crippen LogP contribution >= 0.6 is 0 Å². The van der Waals surface area contributed by atoms with Gasteiger partial charge in [0.15, 0.2) is 11.6 Å². The van der Waals surface area contributed by atoms with Crippen LogP contribution in [0.3, 0.4) is 0 Å². The van der Waals surface area contributed by atoms with Crippen LogP contribution in [0.4, 0.5) is 4.39 Å². The van der Waals surface area contributed by atoms with Gasteiger partial charge in [0.2, 0.25) is 0 Å². The summed E-state index contributed by atoms with van der Waals surface area (Å²) in [4.78, 5) is 27.5. The van der Waals surface area contributed by atoms with Gasteiger partial charge in [-0.1, -0.05) is 36.4 Å².